The first-order valence-electron chi connectivity index (χ1n) is 11.1. The number of halogens is 4. The van der Waals surface area contributed by atoms with Gasteiger partial charge in [-0.3, -0.25) is 4.79 Å². The second kappa shape index (κ2) is 9.38. The number of nitrogens with zero attached hydrogens (tertiary/aromatic N) is 3. The van der Waals surface area contributed by atoms with Crippen LogP contribution in [-0.4, -0.2) is 31.1 Å². The van der Waals surface area contributed by atoms with Crippen LogP contribution in [0.2, 0.25) is 0 Å². The zero-order valence-corrected chi connectivity index (χ0v) is 22.1. The maximum Gasteiger partial charge on any atom is 0.433 e. The number of alkyl halides is 3. The Morgan fingerprint density at radius 3 is 2.64 bits per heavy atom. The van der Waals surface area contributed by atoms with Gasteiger partial charge < -0.3 is 15.5 Å². The summed E-state index contributed by atoms with van der Waals surface area (Å²) in [5.41, 5.74) is -0.871. The van der Waals surface area contributed by atoms with E-state index in [0.29, 0.717) is 17.1 Å². The third kappa shape index (κ3) is 5.25. The molecule has 3 N–H and O–H groups in total. The van der Waals surface area contributed by atoms with Crippen LogP contribution in [0.3, 0.4) is 0 Å². The molecule has 0 aliphatic heterocycles. The number of nitrogens with one attached hydrogen (secondary N) is 1. The molecule has 1 aliphatic rings. The van der Waals surface area contributed by atoms with E-state index in [9.17, 15) is 28.2 Å². The van der Waals surface area contributed by atoms with Crippen molar-refractivity contribution in [3.05, 3.63) is 51.3 Å². The maximum atomic E-state index is 13.0. The Morgan fingerprint density at radius 2 is 2.00 bits per heavy atom. The van der Waals surface area contributed by atoms with Gasteiger partial charge in [-0.15, -0.1) is 11.3 Å². The van der Waals surface area contributed by atoms with E-state index in [2.05, 4.69) is 36.2 Å². The van der Waals surface area contributed by atoms with Crippen LogP contribution in [0.15, 0.2) is 35.1 Å². The van der Waals surface area contributed by atoms with E-state index in [1.54, 1.807) is 18.3 Å². The van der Waals surface area contributed by atoms with Crippen molar-refractivity contribution in [3.8, 4) is 10.4 Å². The fourth-order valence-corrected chi connectivity index (χ4v) is 6.35. The van der Waals surface area contributed by atoms with Gasteiger partial charge in [0, 0.05) is 28.1 Å². The summed E-state index contributed by atoms with van der Waals surface area (Å²) in [4.78, 5) is 24.3. The van der Waals surface area contributed by atoms with Crippen molar-refractivity contribution in [2.45, 2.75) is 51.8 Å². The minimum absolute atomic E-state index is 0.186. The molecule has 2 atom stereocenters. The van der Waals surface area contributed by atoms with Gasteiger partial charge in [-0.25, -0.2) is 15.0 Å². The van der Waals surface area contributed by atoms with E-state index in [1.165, 1.54) is 11.3 Å². The van der Waals surface area contributed by atoms with Crippen LogP contribution in [0.4, 0.5) is 24.8 Å². The Bertz CT molecular complexity index is 1310. The lowest BCUT2D eigenvalue weighted by molar-refractivity contribution is -0.154. The van der Waals surface area contributed by atoms with Gasteiger partial charge in [0.05, 0.1) is 10.8 Å². The number of aliphatic hydroxyl groups is 1. The molecule has 2 heterocycles. The third-order valence-electron chi connectivity index (χ3n) is 6.46. The number of aliphatic carboxylic acids is 1. The molecule has 0 amide bonds. The largest absolute Gasteiger partial charge is 0.481 e. The SMILES string of the molecule is Cc1cc(Nc2nccc(C(F)(F)F)n2)cc(-c2cnc([C@@]3(O)CC[C@H](C(=O)O)C(C)(C)C3)s2)c1Br. The first-order chi connectivity index (χ1) is 16.7. The smallest absolute Gasteiger partial charge is 0.433 e. The summed E-state index contributed by atoms with van der Waals surface area (Å²) in [6, 6.07) is 4.30. The molecule has 1 saturated carbocycles. The first kappa shape index (κ1) is 26.5. The second-order valence-corrected chi connectivity index (χ2v) is 11.5. The summed E-state index contributed by atoms with van der Waals surface area (Å²) in [5.74, 6) is -1.60. The predicted octanol–water partition coefficient (Wildman–Crippen LogP) is 6.53. The van der Waals surface area contributed by atoms with Crippen molar-refractivity contribution < 1.29 is 28.2 Å². The summed E-state index contributed by atoms with van der Waals surface area (Å²) >= 11 is 4.88. The number of benzene rings is 1. The molecular formula is C24H24BrF3N4O3S. The van der Waals surface area contributed by atoms with E-state index in [1.807, 2.05) is 20.8 Å². The summed E-state index contributed by atoms with van der Waals surface area (Å²) in [5, 5.41) is 24.3. The van der Waals surface area contributed by atoms with Crippen LogP contribution in [0.25, 0.3) is 10.4 Å². The number of aryl methyl sites for hydroxylation is 1. The second-order valence-electron chi connectivity index (χ2n) is 9.70. The van der Waals surface area contributed by atoms with Gasteiger partial charge in [0.2, 0.25) is 5.95 Å². The van der Waals surface area contributed by atoms with Crippen LogP contribution < -0.4 is 5.32 Å². The van der Waals surface area contributed by atoms with E-state index in [0.717, 1.165) is 32.7 Å². The average molecular weight is 585 g/mol. The lowest BCUT2D eigenvalue weighted by Gasteiger charge is -2.44. The molecule has 1 aromatic carbocycles. The molecule has 7 nitrogen and oxygen atoms in total. The van der Waals surface area contributed by atoms with Gasteiger partial charge in [0.25, 0.3) is 0 Å². The number of hydrogen-bond acceptors (Lipinski definition) is 7. The molecule has 36 heavy (non-hydrogen) atoms. The van der Waals surface area contributed by atoms with Crippen molar-refractivity contribution in [1.82, 2.24) is 15.0 Å². The predicted molar refractivity (Wildman–Crippen MR) is 133 cm³/mol. The molecule has 2 aromatic heterocycles. The van der Waals surface area contributed by atoms with E-state index < -0.39 is 34.8 Å². The van der Waals surface area contributed by atoms with Crippen molar-refractivity contribution >= 4 is 44.9 Å². The molecule has 1 fully saturated rings. The Hall–Kier alpha value is -2.57. The van der Waals surface area contributed by atoms with Gasteiger partial charge in [0.15, 0.2) is 0 Å². The Labute approximate surface area is 218 Å². The summed E-state index contributed by atoms with van der Waals surface area (Å²) in [7, 11) is 0. The first-order valence-corrected chi connectivity index (χ1v) is 12.7. The highest BCUT2D eigenvalue weighted by molar-refractivity contribution is 9.10. The van der Waals surface area contributed by atoms with E-state index in [-0.39, 0.29) is 18.8 Å². The number of carbonyl (C=O) groups is 1. The van der Waals surface area contributed by atoms with Gasteiger partial charge in [-0.2, -0.15) is 13.2 Å². The lowest BCUT2D eigenvalue weighted by Crippen LogP contribution is -2.44. The molecule has 4 rings (SSSR count). The van der Waals surface area contributed by atoms with Gasteiger partial charge in [-0.1, -0.05) is 13.8 Å². The van der Waals surface area contributed by atoms with E-state index in [4.69, 9.17) is 0 Å². The van der Waals surface area contributed by atoms with Crippen molar-refractivity contribution in [1.29, 1.82) is 0 Å². The number of rotatable bonds is 5. The van der Waals surface area contributed by atoms with E-state index >= 15 is 0 Å². The molecule has 0 spiro atoms. The highest BCUT2D eigenvalue weighted by Crippen LogP contribution is 2.51. The lowest BCUT2D eigenvalue weighted by atomic mass is 9.63. The number of hydrogen-bond donors (Lipinski definition) is 3. The van der Waals surface area contributed by atoms with Crippen molar-refractivity contribution in [2.24, 2.45) is 11.3 Å². The number of aromatic nitrogens is 3. The summed E-state index contributed by atoms with van der Waals surface area (Å²) in [6.07, 6.45) is -1.02. The third-order valence-corrected chi connectivity index (χ3v) is 8.74. The monoisotopic (exact) mass is 584 g/mol. The fraction of sp³-hybridized carbons (Fsp3) is 0.417. The Morgan fingerprint density at radius 1 is 1.28 bits per heavy atom. The minimum atomic E-state index is -4.59. The highest BCUT2D eigenvalue weighted by Gasteiger charge is 2.49. The topological polar surface area (TPSA) is 108 Å². The molecule has 0 bridgehead atoms. The standard InChI is InChI=1S/C24H24BrF3N4O3S/c1-12-8-13(31-21-29-7-5-17(32-21)24(26,27)28)9-14(18(12)25)16-10-30-20(36-16)23(35)6-4-15(19(33)34)22(2,3)11-23/h5,7-10,15,35H,4,6,11H2,1-3H3,(H,33,34)(H,29,31,32)/t15-,23-/m1/s1. The average Bonchev–Trinajstić information content (AvgIpc) is 3.26. The van der Waals surface area contributed by atoms with Crippen LogP contribution in [0.1, 0.15) is 49.4 Å². The zero-order chi connectivity index (χ0) is 26.5. The Balaban J connectivity index is 1.64. The fourth-order valence-electron chi connectivity index (χ4n) is 4.72. The maximum absolute atomic E-state index is 13.0. The van der Waals surface area contributed by atoms with Crippen molar-refractivity contribution in [2.75, 3.05) is 5.32 Å². The number of anilines is 2. The summed E-state index contributed by atoms with van der Waals surface area (Å²) < 4.78 is 39.9. The molecule has 192 valence electrons. The van der Waals surface area contributed by atoms with Crippen LogP contribution >= 0.6 is 27.3 Å². The molecule has 0 radical (unpaired) electrons. The number of thiazole rings is 1. The molecule has 1 aliphatic carbocycles. The van der Waals surface area contributed by atoms with Crippen LogP contribution in [0.5, 0.6) is 0 Å². The van der Waals surface area contributed by atoms with Gasteiger partial charge >= 0.3 is 12.1 Å². The molecule has 0 saturated heterocycles. The highest BCUT2D eigenvalue weighted by atomic mass is 79.9. The van der Waals surface area contributed by atoms with Gasteiger partial charge in [0.1, 0.15) is 16.3 Å². The minimum Gasteiger partial charge on any atom is -0.481 e. The van der Waals surface area contributed by atoms with Crippen LogP contribution in [0, 0.1) is 18.3 Å². The van der Waals surface area contributed by atoms with Crippen molar-refractivity contribution in [3.63, 3.8) is 0 Å². The van der Waals surface area contributed by atoms with Gasteiger partial charge in [-0.05, 0) is 71.3 Å². The molecule has 3 aromatic rings. The Kier molecular flexibility index (Phi) is 6.91. The number of carboxylic acids is 1. The zero-order valence-electron chi connectivity index (χ0n) is 19.6. The molecule has 12 heteroatoms. The normalized spacial score (nSPS) is 21.8. The quantitative estimate of drug-likeness (QED) is 0.313. The van der Waals surface area contributed by atoms with Crippen LogP contribution in [-0.2, 0) is 16.6 Å². The summed E-state index contributed by atoms with van der Waals surface area (Å²) in [6.45, 7) is 5.53. The molecule has 0 unspecified atom stereocenters. The number of carboxylic acid groups (broad SMARTS) is 1. The molecular weight excluding hydrogens is 561 g/mol.